The van der Waals surface area contributed by atoms with Crippen LogP contribution in [0.1, 0.15) is 30.7 Å². The van der Waals surface area contributed by atoms with Crippen LogP contribution in [0, 0.1) is 6.92 Å². The third-order valence-corrected chi connectivity index (χ3v) is 22.9. The molecule has 6 heteroatoms. The van der Waals surface area contributed by atoms with Crippen LogP contribution in [0.25, 0.3) is 11.1 Å². The summed E-state index contributed by atoms with van der Waals surface area (Å²) in [6.45, 7) is 6.86. The summed E-state index contributed by atoms with van der Waals surface area (Å²) < 4.78 is 4.03. The summed E-state index contributed by atoms with van der Waals surface area (Å²) in [7, 11) is 0. The smallest absolute Gasteiger partial charge is 1.00 e. The Balaban J connectivity index is 0.00000150. The number of aryl methyl sites for hydroxylation is 1. The van der Waals surface area contributed by atoms with Crippen molar-refractivity contribution in [3.8, 4) is 11.1 Å². The van der Waals surface area contributed by atoms with E-state index < -0.39 is 27.1 Å². The molecule has 4 rings (SSSR count). The normalized spacial score (nSPS) is 11.7. The van der Waals surface area contributed by atoms with Crippen molar-refractivity contribution in [1.82, 2.24) is 3.26 Å². The van der Waals surface area contributed by atoms with E-state index in [1.807, 2.05) is 31.2 Å². The van der Waals surface area contributed by atoms with Gasteiger partial charge in [0.1, 0.15) is 0 Å². The van der Waals surface area contributed by atoms with Gasteiger partial charge in [0.2, 0.25) is 0 Å². The maximum Gasteiger partial charge on any atom is -1.00 e. The monoisotopic (exact) mass is 518 g/mol. The van der Waals surface area contributed by atoms with E-state index in [4.69, 9.17) is 0 Å². The summed E-state index contributed by atoms with van der Waals surface area (Å²) in [5.41, 5.74) is 7.50. The molecule has 0 aliphatic heterocycles. The largest absolute Gasteiger partial charge is 1.00 e. The molecule has 0 saturated carbocycles. The van der Waals surface area contributed by atoms with Gasteiger partial charge in [-0.2, -0.15) is 0 Å². The van der Waals surface area contributed by atoms with E-state index in [2.05, 4.69) is 64.9 Å². The van der Waals surface area contributed by atoms with Gasteiger partial charge in [0, 0.05) is 0 Å². The molecule has 1 aliphatic carbocycles. The van der Waals surface area contributed by atoms with Crippen molar-refractivity contribution in [3.63, 3.8) is 0 Å². The molecule has 0 spiro atoms. The number of halogens is 2. The molecule has 149 valence electrons. The van der Waals surface area contributed by atoms with Crippen molar-refractivity contribution in [2.45, 2.75) is 23.6 Å². The van der Waals surface area contributed by atoms with Crippen molar-refractivity contribution < 1.29 is 50.8 Å². The summed E-state index contributed by atoms with van der Waals surface area (Å²) in [5, 5.41) is 0. The van der Waals surface area contributed by atoms with E-state index in [0.717, 1.165) is 11.1 Å². The van der Waals surface area contributed by atoms with Crippen LogP contribution in [0.5, 0.6) is 0 Å². The van der Waals surface area contributed by atoms with Crippen molar-refractivity contribution in [1.29, 1.82) is 0 Å². The second-order valence-electron chi connectivity index (χ2n) is 7.54. The Morgan fingerprint density at radius 3 is 1.93 bits per heavy atom. The third-order valence-electron chi connectivity index (χ3n) is 5.30. The number of hydrogen-bond acceptors (Lipinski definition) is 1. The Kier molecular flexibility index (Phi) is 8.48. The van der Waals surface area contributed by atoms with E-state index in [1.54, 1.807) is 0 Å². The zero-order valence-corrected chi connectivity index (χ0v) is 21.9. The van der Waals surface area contributed by atoms with Crippen LogP contribution in [0.3, 0.4) is 0 Å². The van der Waals surface area contributed by atoms with Gasteiger partial charge in [-0.25, -0.2) is 0 Å². The summed E-state index contributed by atoms with van der Waals surface area (Å²) in [6.07, 6.45) is 0. The molecule has 0 radical (unpaired) electrons. The first-order valence-corrected chi connectivity index (χ1v) is 19.3. The van der Waals surface area contributed by atoms with Gasteiger partial charge in [-0.05, 0) is 0 Å². The van der Waals surface area contributed by atoms with Crippen molar-refractivity contribution in [2.24, 2.45) is 0 Å². The molecule has 0 atom stereocenters. The summed E-state index contributed by atoms with van der Waals surface area (Å²) >= 11 is -2.25. The average molecular weight is 521 g/mol. The minimum Gasteiger partial charge on any atom is -1.00 e. The van der Waals surface area contributed by atoms with Crippen LogP contribution in [0.15, 0.2) is 72.8 Å². The Morgan fingerprint density at radius 1 is 0.862 bits per heavy atom. The summed E-state index contributed by atoms with van der Waals surface area (Å²) in [4.78, 5) is 13.1. The fourth-order valence-electron chi connectivity index (χ4n) is 4.03. The molecular weight excluding hydrogens is 496 g/mol. The summed E-state index contributed by atoms with van der Waals surface area (Å²) in [6, 6.07) is 25.5. The zero-order chi connectivity index (χ0) is 19.0. The quantitative estimate of drug-likeness (QED) is 0.441. The van der Waals surface area contributed by atoms with Crippen LogP contribution in [0.2, 0.25) is 13.1 Å². The molecule has 1 N–H and O–H groups in total. The molecule has 1 amide bonds. The number of carbonyl (C=O) groups is 1. The maximum absolute atomic E-state index is 13.1. The fourth-order valence-corrected chi connectivity index (χ4v) is 19.2. The van der Waals surface area contributed by atoms with Gasteiger partial charge in [0.15, 0.2) is 0 Å². The SMILES string of the molecule is Cc1cccc(C(=O)[NH][Zr+2]([CH]2c3ccccc3-c3ccccc32)[SiH](C)C)c1.[Cl-].[Cl-]. The Bertz CT molecular complexity index is 966. The van der Waals surface area contributed by atoms with Crippen LogP contribution in [-0.4, -0.2) is 11.8 Å². The minimum atomic E-state index is -2.25. The van der Waals surface area contributed by atoms with Gasteiger partial charge in [-0.15, -0.1) is 0 Å². The van der Waals surface area contributed by atoms with Gasteiger partial charge >= 0.3 is 171 Å². The Hall–Kier alpha value is -1.19. The predicted molar refractivity (Wildman–Crippen MR) is 111 cm³/mol. The van der Waals surface area contributed by atoms with Gasteiger partial charge in [-0.3, -0.25) is 0 Å². The van der Waals surface area contributed by atoms with Crippen LogP contribution < -0.4 is 28.1 Å². The average Bonchev–Trinajstić information content (AvgIpc) is 3.00. The van der Waals surface area contributed by atoms with E-state index in [-0.39, 0.29) is 30.7 Å². The zero-order valence-electron chi connectivity index (χ0n) is 16.7. The van der Waals surface area contributed by atoms with E-state index in [0.29, 0.717) is 3.63 Å². The maximum atomic E-state index is 13.1. The Labute approximate surface area is 194 Å². The molecule has 0 heterocycles. The number of carbonyl (C=O) groups excluding carboxylic acids is 1. The fraction of sp³-hybridized carbons (Fsp3) is 0.174. The van der Waals surface area contributed by atoms with Crippen molar-refractivity contribution >= 4 is 11.8 Å². The minimum absolute atomic E-state index is 0. The van der Waals surface area contributed by atoms with E-state index in [1.165, 1.54) is 22.3 Å². The van der Waals surface area contributed by atoms with Crippen LogP contribution in [-0.2, 0) is 21.2 Å². The van der Waals surface area contributed by atoms with Gasteiger partial charge < -0.3 is 24.8 Å². The molecule has 29 heavy (non-hydrogen) atoms. The second kappa shape index (κ2) is 10.2. The van der Waals surface area contributed by atoms with E-state index >= 15 is 0 Å². The first-order valence-electron chi connectivity index (χ1n) is 9.49. The number of benzene rings is 3. The molecule has 1 aliphatic rings. The molecule has 2 nitrogen and oxygen atoms in total. The number of hydrogen-bond donors (Lipinski definition) is 1. The number of fused-ring (bicyclic) bond motifs is 3. The van der Waals surface area contributed by atoms with Crippen LogP contribution in [0.4, 0.5) is 0 Å². The number of rotatable bonds is 4. The number of amides is 1. The molecule has 0 fully saturated rings. The van der Waals surface area contributed by atoms with Crippen molar-refractivity contribution in [2.75, 3.05) is 0 Å². The van der Waals surface area contributed by atoms with Gasteiger partial charge in [-0.1, -0.05) is 0 Å². The summed E-state index contributed by atoms with van der Waals surface area (Å²) in [5.74, 6) is -0.862. The molecule has 0 bridgehead atoms. The van der Waals surface area contributed by atoms with Crippen LogP contribution >= 0.6 is 0 Å². The number of nitrogens with one attached hydrogen (secondary N) is 1. The third kappa shape index (κ3) is 4.77. The second-order valence-corrected chi connectivity index (χ2v) is 26.3. The molecule has 0 unspecified atom stereocenters. The van der Waals surface area contributed by atoms with Crippen molar-refractivity contribution in [3.05, 3.63) is 95.1 Å². The molecule has 3 aromatic rings. The molecular formula is C23H24Cl2NOSiZr. The van der Waals surface area contributed by atoms with E-state index in [9.17, 15) is 4.79 Å². The molecule has 0 aromatic heterocycles. The van der Waals surface area contributed by atoms with Gasteiger partial charge in [0.05, 0.1) is 0 Å². The Morgan fingerprint density at radius 2 is 1.41 bits per heavy atom. The molecule has 0 saturated heterocycles. The first kappa shape index (κ1) is 24.1. The predicted octanol–water partition coefficient (Wildman–Crippen LogP) is -0.981. The first-order chi connectivity index (χ1) is 13.1. The van der Waals surface area contributed by atoms with Gasteiger partial charge in [0.25, 0.3) is 0 Å². The standard InChI is InChI=1S/C13H9.C8H9NO.C2H7Si.2ClH.Zr/c1-3-7-12-10(5-1)9-11-6-2-4-8-13(11)12;1-6-3-2-4-7(5-6)8(9)10;1-3-2;;;/h1-9H;2-5H,1H3,(H2,9,10);3H,1-2H3;2*1H;/q;;;;;+3/p-3. The topological polar surface area (TPSA) is 29.1 Å². The molecule has 3 aromatic carbocycles.